The Morgan fingerprint density at radius 1 is 1.04 bits per heavy atom. The highest BCUT2D eigenvalue weighted by Crippen LogP contribution is 2.23. The summed E-state index contributed by atoms with van der Waals surface area (Å²) < 4.78 is 13.2. The van der Waals surface area contributed by atoms with E-state index in [-0.39, 0.29) is 11.7 Å². The average molecular weight is 396 g/mol. The maximum absolute atomic E-state index is 13.2. The van der Waals surface area contributed by atoms with Crippen molar-refractivity contribution in [1.29, 1.82) is 0 Å². The van der Waals surface area contributed by atoms with Crippen molar-refractivity contribution in [2.75, 3.05) is 31.1 Å². The first-order valence-corrected chi connectivity index (χ1v) is 10.4. The number of pyridine rings is 1. The highest BCUT2D eigenvalue weighted by molar-refractivity contribution is 7.08. The molecule has 144 valence electrons. The summed E-state index contributed by atoms with van der Waals surface area (Å²) in [6.07, 6.45) is 0.878. The molecule has 0 saturated carbocycles. The number of aryl methyl sites for hydroxylation is 1. The molecule has 28 heavy (non-hydrogen) atoms. The van der Waals surface area contributed by atoms with Crippen molar-refractivity contribution in [3.05, 3.63) is 70.3 Å². The summed E-state index contributed by atoms with van der Waals surface area (Å²) in [6.45, 7) is 4.83. The maximum Gasteiger partial charge on any atom is 0.255 e. The third-order valence-corrected chi connectivity index (χ3v) is 5.79. The summed E-state index contributed by atoms with van der Waals surface area (Å²) in [7, 11) is 0. The lowest BCUT2D eigenvalue weighted by molar-refractivity contribution is 0.0766. The molecule has 0 aliphatic carbocycles. The predicted molar refractivity (Wildman–Crippen MR) is 111 cm³/mol. The zero-order valence-corrected chi connectivity index (χ0v) is 16.6. The van der Waals surface area contributed by atoms with Crippen molar-refractivity contribution in [3.8, 4) is 11.3 Å². The fourth-order valence-electron chi connectivity index (χ4n) is 3.56. The van der Waals surface area contributed by atoms with Gasteiger partial charge >= 0.3 is 0 Å². The molecule has 0 bridgehead atoms. The lowest BCUT2D eigenvalue weighted by Crippen LogP contribution is -2.35. The standard InChI is InChI=1S/C22H22FN3OS/c1-16-20(7-8-21(24-16)17-9-14-28-15-17)22(27)26-11-2-10-25(12-13-26)19-5-3-18(23)4-6-19/h3-9,14-15H,2,10-13H2,1H3. The van der Waals surface area contributed by atoms with Gasteiger partial charge in [-0.3, -0.25) is 9.78 Å². The number of aromatic nitrogens is 1. The molecule has 0 spiro atoms. The number of benzene rings is 1. The quantitative estimate of drug-likeness (QED) is 0.650. The number of carbonyl (C=O) groups is 1. The van der Waals surface area contributed by atoms with Gasteiger partial charge in [0.05, 0.1) is 17.0 Å². The lowest BCUT2D eigenvalue weighted by atomic mass is 10.1. The zero-order chi connectivity index (χ0) is 19.5. The van der Waals surface area contributed by atoms with E-state index >= 15 is 0 Å². The first-order valence-electron chi connectivity index (χ1n) is 9.42. The number of halogens is 1. The highest BCUT2D eigenvalue weighted by Gasteiger charge is 2.22. The largest absolute Gasteiger partial charge is 0.370 e. The van der Waals surface area contributed by atoms with Crippen LogP contribution in [0.4, 0.5) is 10.1 Å². The SMILES string of the molecule is Cc1nc(-c2ccsc2)ccc1C(=O)N1CCCN(c2ccc(F)cc2)CC1. The number of rotatable bonds is 3. The molecule has 2 aromatic heterocycles. The number of thiophene rings is 1. The maximum atomic E-state index is 13.2. The summed E-state index contributed by atoms with van der Waals surface area (Å²) in [6, 6.07) is 12.4. The predicted octanol–water partition coefficient (Wildman–Crippen LogP) is 4.61. The Balaban J connectivity index is 1.47. The van der Waals surface area contributed by atoms with E-state index in [1.807, 2.05) is 35.4 Å². The fraction of sp³-hybridized carbons (Fsp3) is 0.273. The van der Waals surface area contributed by atoms with Crippen LogP contribution in [-0.4, -0.2) is 42.0 Å². The Morgan fingerprint density at radius 3 is 2.57 bits per heavy atom. The molecular weight excluding hydrogens is 373 g/mol. The highest BCUT2D eigenvalue weighted by atomic mass is 32.1. The van der Waals surface area contributed by atoms with Crippen molar-refractivity contribution < 1.29 is 9.18 Å². The van der Waals surface area contributed by atoms with Crippen LogP contribution in [0.15, 0.2) is 53.2 Å². The second-order valence-corrected chi connectivity index (χ2v) is 7.73. The molecule has 1 fully saturated rings. The van der Waals surface area contributed by atoms with Crippen LogP contribution in [0, 0.1) is 12.7 Å². The van der Waals surface area contributed by atoms with Gasteiger partial charge in [0.25, 0.3) is 5.91 Å². The molecule has 1 aromatic carbocycles. The molecule has 1 amide bonds. The van der Waals surface area contributed by atoms with Crippen LogP contribution in [-0.2, 0) is 0 Å². The van der Waals surface area contributed by atoms with Crippen molar-refractivity contribution in [2.24, 2.45) is 0 Å². The lowest BCUT2D eigenvalue weighted by Gasteiger charge is -2.24. The summed E-state index contributed by atoms with van der Waals surface area (Å²) in [5.74, 6) is -0.202. The van der Waals surface area contributed by atoms with Crippen molar-refractivity contribution in [1.82, 2.24) is 9.88 Å². The van der Waals surface area contributed by atoms with E-state index in [2.05, 4.69) is 15.3 Å². The van der Waals surface area contributed by atoms with Crippen molar-refractivity contribution in [3.63, 3.8) is 0 Å². The monoisotopic (exact) mass is 395 g/mol. The molecule has 4 nitrogen and oxygen atoms in total. The minimum absolute atomic E-state index is 0.0304. The molecule has 0 radical (unpaired) electrons. The topological polar surface area (TPSA) is 36.4 Å². The summed E-state index contributed by atoms with van der Waals surface area (Å²) >= 11 is 1.63. The number of hydrogen-bond donors (Lipinski definition) is 0. The fourth-order valence-corrected chi connectivity index (χ4v) is 4.21. The smallest absolute Gasteiger partial charge is 0.255 e. The van der Waals surface area contributed by atoms with Crippen LogP contribution in [0.1, 0.15) is 22.5 Å². The van der Waals surface area contributed by atoms with E-state index in [0.717, 1.165) is 42.1 Å². The van der Waals surface area contributed by atoms with Crippen LogP contribution >= 0.6 is 11.3 Å². The molecule has 1 saturated heterocycles. The molecule has 0 unspecified atom stereocenters. The minimum Gasteiger partial charge on any atom is -0.370 e. The van der Waals surface area contributed by atoms with Crippen LogP contribution in [0.5, 0.6) is 0 Å². The molecule has 4 rings (SSSR count). The van der Waals surface area contributed by atoms with Gasteiger partial charge in [0, 0.05) is 42.8 Å². The Labute approximate surface area is 168 Å². The van der Waals surface area contributed by atoms with Crippen molar-refractivity contribution >= 4 is 22.9 Å². The molecular formula is C22H22FN3OS. The van der Waals surface area contributed by atoms with E-state index < -0.39 is 0 Å². The molecule has 3 aromatic rings. The van der Waals surface area contributed by atoms with Gasteiger partial charge in [-0.2, -0.15) is 11.3 Å². The van der Waals surface area contributed by atoms with Crippen LogP contribution < -0.4 is 4.90 Å². The molecule has 0 atom stereocenters. The third kappa shape index (κ3) is 3.92. The Kier molecular flexibility index (Phi) is 5.39. The molecule has 6 heteroatoms. The Bertz CT molecular complexity index is 956. The number of nitrogens with zero attached hydrogens (tertiary/aromatic N) is 3. The molecule has 3 heterocycles. The van der Waals surface area contributed by atoms with Gasteiger partial charge in [-0.05, 0) is 61.2 Å². The number of hydrogen-bond acceptors (Lipinski definition) is 4. The first-order chi connectivity index (χ1) is 13.6. The van der Waals surface area contributed by atoms with Gasteiger partial charge in [-0.25, -0.2) is 4.39 Å². The second-order valence-electron chi connectivity index (χ2n) is 6.95. The summed E-state index contributed by atoms with van der Waals surface area (Å²) in [5.41, 5.74) is 4.39. The van der Waals surface area contributed by atoms with E-state index in [1.54, 1.807) is 23.5 Å². The van der Waals surface area contributed by atoms with Crippen LogP contribution in [0.3, 0.4) is 0 Å². The minimum atomic E-state index is -0.232. The van der Waals surface area contributed by atoms with Gasteiger partial charge in [0.2, 0.25) is 0 Å². The Morgan fingerprint density at radius 2 is 1.86 bits per heavy atom. The molecule has 1 aliphatic heterocycles. The van der Waals surface area contributed by atoms with E-state index in [9.17, 15) is 9.18 Å². The van der Waals surface area contributed by atoms with Crippen LogP contribution in [0.25, 0.3) is 11.3 Å². The van der Waals surface area contributed by atoms with Gasteiger partial charge in [-0.1, -0.05) is 0 Å². The number of anilines is 1. The Hall–Kier alpha value is -2.73. The van der Waals surface area contributed by atoms with Gasteiger partial charge in [0.15, 0.2) is 0 Å². The number of carbonyl (C=O) groups excluding carboxylic acids is 1. The first kappa shape index (κ1) is 18.6. The third-order valence-electron chi connectivity index (χ3n) is 5.11. The zero-order valence-electron chi connectivity index (χ0n) is 15.8. The van der Waals surface area contributed by atoms with Crippen molar-refractivity contribution in [2.45, 2.75) is 13.3 Å². The average Bonchev–Trinajstić information content (AvgIpc) is 3.13. The summed E-state index contributed by atoms with van der Waals surface area (Å²) in [5, 5.41) is 4.08. The molecule has 0 N–H and O–H groups in total. The van der Waals surface area contributed by atoms with Gasteiger partial charge < -0.3 is 9.80 Å². The van der Waals surface area contributed by atoms with E-state index in [1.165, 1.54) is 12.1 Å². The van der Waals surface area contributed by atoms with Gasteiger partial charge in [-0.15, -0.1) is 0 Å². The van der Waals surface area contributed by atoms with Crippen LogP contribution in [0.2, 0.25) is 0 Å². The van der Waals surface area contributed by atoms with Gasteiger partial charge in [0.1, 0.15) is 5.82 Å². The summed E-state index contributed by atoms with van der Waals surface area (Å²) in [4.78, 5) is 21.8. The number of amides is 1. The molecule has 1 aliphatic rings. The van der Waals surface area contributed by atoms with E-state index in [4.69, 9.17) is 0 Å². The van der Waals surface area contributed by atoms with E-state index in [0.29, 0.717) is 18.7 Å². The second kappa shape index (κ2) is 8.10. The normalized spacial score (nSPS) is 14.8.